The van der Waals surface area contributed by atoms with Crippen LogP contribution in [0.1, 0.15) is 25.5 Å². The standard InChI is InChI=1S/C17H23N3O3/c1-4-20(3)11-13-14(16(21)23-5-2)15(19-17(22)18-13)12-9-7-6-8-10-12/h6-10,15H,4-5,11H2,1-3H3,(H2,18,19,22)/t15-/m0/s1. The molecule has 23 heavy (non-hydrogen) atoms. The first-order chi connectivity index (χ1) is 11.1. The minimum Gasteiger partial charge on any atom is -0.463 e. The Labute approximate surface area is 136 Å². The second kappa shape index (κ2) is 7.78. The third-order valence-corrected chi connectivity index (χ3v) is 3.75. The van der Waals surface area contributed by atoms with E-state index in [4.69, 9.17) is 4.74 Å². The molecule has 0 radical (unpaired) electrons. The van der Waals surface area contributed by atoms with Gasteiger partial charge in [0.25, 0.3) is 0 Å². The van der Waals surface area contributed by atoms with Crippen molar-refractivity contribution in [2.75, 3.05) is 26.7 Å². The number of rotatable bonds is 6. The first kappa shape index (κ1) is 17.0. The van der Waals surface area contributed by atoms with Gasteiger partial charge < -0.3 is 20.3 Å². The number of esters is 1. The van der Waals surface area contributed by atoms with E-state index in [1.165, 1.54) is 0 Å². The van der Waals surface area contributed by atoms with E-state index in [-0.39, 0.29) is 12.6 Å². The Bertz CT molecular complexity index is 598. The van der Waals surface area contributed by atoms with Crippen molar-refractivity contribution in [2.45, 2.75) is 19.9 Å². The first-order valence-electron chi connectivity index (χ1n) is 7.78. The molecule has 1 aliphatic rings. The minimum atomic E-state index is -0.510. The fourth-order valence-corrected chi connectivity index (χ4v) is 2.47. The average Bonchev–Trinajstić information content (AvgIpc) is 2.55. The molecule has 2 N–H and O–H groups in total. The maximum Gasteiger partial charge on any atom is 0.338 e. The fourth-order valence-electron chi connectivity index (χ4n) is 2.47. The van der Waals surface area contributed by atoms with Crippen LogP contribution in [0.5, 0.6) is 0 Å². The average molecular weight is 317 g/mol. The predicted molar refractivity (Wildman–Crippen MR) is 87.7 cm³/mol. The van der Waals surface area contributed by atoms with Gasteiger partial charge in [-0.2, -0.15) is 0 Å². The van der Waals surface area contributed by atoms with Gasteiger partial charge in [0.1, 0.15) is 0 Å². The van der Waals surface area contributed by atoms with Crippen LogP contribution in [-0.4, -0.2) is 43.6 Å². The van der Waals surface area contributed by atoms with Crippen LogP contribution in [-0.2, 0) is 9.53 Å². The molecule has 1 atom stereocenters. The van der Waals surface area contributed by atoms with Gasteiger partial charge >= 0.3 is 12.0 Å². The van der Waals surface area contributed by atoms with E-state index in [1.54, 1.807) is 6.92 Å². The number of hydrogen-bond donors (Lipinski definition) is 2. The lowest BCUT2D eigenvalue weighted by atomic mass is 9.95. The summed E-state index contributed by atoms with van der Waals surface area (Å²) in [6.07, 6.45) is 0. The van der Waals surface area contributed by atoms with Gasteiger partial charge in [-0.3, -0.25) is 0 Å². The molecule has 0 spiro atoms. The van der Waals surface area contributed by atoms with Crippen molar-refractivity contribution in [1.29, 1.82) is 0 Å². The second-order valence-electron chi connectivity index (χ2n) is 5.39. The number of amides is 2. The van der Waals surface area contributed by atoms with Crippen LogP contribution in [0.25, 0.3) is 0 Å². The van der Waals surface area contributed by atoms with E-state index in [1.807, 2.05) is 49.2 Å². The van der Waals surface area contributed by atoms with Gasteiger partial charge in [0, 0.05) is 12.2 Å². The molecule has 0 saturated carbocycles. The molecule has 6 heteroatoms. The highest BCUT2D eigenvalue weighted by Crippen LogP contribution is 2.27. The number of hydrogen-bond acceptors (Lipinski definition) is 4. The highest BCUT2D eigenvalue weighted by molar-refractivity contribution is 5.95. The summed E-state index contributed by atoms with van der Waals surface area (Å²) in [5.74, 6) is -0.409. The quantitative estimate of drug-likeness (QED) is 0.785. The zero-order valence-corrected chi connectivity index (χ0v) is 13.8. The highest BCUT2D eigenvalue weighted by Gasteiger charge is 2.33. The molecule has 0 aliphatic carbocycles. The normalized spacial score (nSPS) is 17.7. The summed E-state index contributed by atoms with van der Waals surface area (Å²) in [6.45, 7) is 5.35. The monoisotopic (exact) mass is 317 g/mol. The van der Waals surface area contributed by atoms with Crippen molar-refractivity contribution in [3.63, 3.8) is 0 Å². The molecule has 1 aromatic rings. The summed E-state index contributed by atoms with van der Waals surface area (Å²) in [5.41, 5.74) is 1.89. The summed E-state index contributed by atoms with van der Waals surface area (Å²) < 4.78 is 5.21. The van der Waals surface area contributed by atoms with Crippen molar-refractivity contribution < 1.29 is 14.3 Å². The molecule has 2 rings (SSSR count). The van der Waals surface area contributed by atoms with E-state index < -0.39 is 12.0 Å². The Balaban J connectivity index is 2.47. The molecule has 0 bridgehead atoms. The van der Waals surface area contributed by atoms with Gasteiger partial charge in [-0.1, -0.05) is 37.3 Å². The number of nitrogens with zero attached hydrogens (tertiary/aromatic N) is 1. The Morgan fingerprint density at radius 3 is 2.57 bits per heavy atom. The third-order valence-electron chi connectivity index (χ3n) is 3.75. The summed E-state index contributed by atoms with van der Waals surface area (Å²) in [4.78, 5) is 26.5. The van der Waals surface area contributed by atoms with Gasteiger partial charge in [0.05, 0.1) is 18.2 Å². The zero-order valence-electron chi connectivity index (χ0n) is 13.8. The maximum atomic E-state index is 12.5. The van der Waals surface area contributed by atoms with Gasteiger partial charge in [-0.05, 0) is 26.1 Å². The molecule has 0 fully saturated rings. The predicted octanol–water partition coefficient (Wildman–Crippen LogP) is 1.81. The van der Waals surface area contributed by atoms with Crippen LogP contribution in [0.2, 0.25) is 0 Å². The lowest BCUT2D eigenvalue weighted by molar-refractivity contribution is -0.139. The van der Waals surface area contributed by atoms with Crippen molar-refractivity contribution in [2.24, 2.45) is 0 Å². The topological polar surface area (TPSA) is 70.7 Å². The lowest BCUT2D eigenvalue weighted by Crippen LogP contribution is -2.48. The number of benzene rings is 1. The third kappa shape index (κ3) is 4.10. The van der Waals surface area contributed by atoms with E-state index in [0.29, 0.717) is 17.8 Å². The second-order valence-corrected chi connectivity index (χ2v) is 5.39. The van der Waals surface area contributed by atoms with Crippen molar-refractivity contribution in [3.05, 3.63) is 47.2 Å². The molecular weight excluding hydrogens is 294 g/mol. The Morgan fingerprint density at radius 2 is 1.96 bits per heavy atom. The number of likely N-dealkylation sites (N-methyl/N-ethyl adjacent to an activating group) is 1. The molecule has 0 unspecified atom stereocenters. The van der Waals surface area contributed by atoms with Crippen LogP contribution in [0.4, 0.5) is 4.79 Å². The van der Waals surface area contributed by atoms with Crippen molar-refractivity contribution in [1.82, 2.24) is 15.5 Å². The largest absolute Gasteiger partial charge is 0.463 e. The van der Waals surface area contributed by atoms with Gasteiger partial charge in [0.2, 0.25) is 0 Å². The Hall–Kier alpha value is -2.34. The smallest absolute Gasteiger partial charge is 0.338 e. The molecule has 1 aromatic carbocycles. The SMILES string of the molecule is CCOC(=O)C1=C(CN(C)CC)NC(=O)N[C@H]1c1ccccc1. The number of nitrogens with one attached hydrogen (secondary N) is 2. The van der Waals surface area contributed by atoms with Crippen LogP contribution in [0.3, 0.4) is 0 Å². The van der Waals surface area contributed by atoms with Gasteiger partial charge in [0.15, 0.2) is 0 Å². The van der Waals surface area contributed by atoms with Crippen LogP contribution < -0.4 is 10.6 Å². The molecular formula is C17H23N3O3. The minimum absolute atomic E-state index is 0.286. The Kier molecular flexibility index (Phi) is 5.76. The summed E-state index contributed by atoms with van der Waals surface area (Å²) >= 11 is 0. The molecule has 1 heterocycles. The molecule has 1 aliphatic heterocycles. The highest BCUT2D eigenvalue weighted by atomic mass is 16.5. The maximum absolute atomic E-state index is 12.5. The van der Waals surface area contributed by atoms with E-state index in [0.717, 1.165) is 12.1 Å². The molecule has 2 amide bonds. The number of ether oxygens (including phenoxy) is 1. The summed E-state index contributed by atoms with van der Waals surface area (Å²) in [5, 5.41) is 5.57. The summed E-state index contributed by atoms with van der Waals surface area (Å²) in [7, 11) is 1.93. The van der Waals surface area contributed by atoms with Gasteiger partial charge in [-0.15, -0.1) is 0 Å². The molecule has 124 valence electrons. The van der Waals surface area contributed by atoms with Crippen molar-refractivity contribution in [3.8, 4) is 0 Å². The van der Waals surface area contributed by atoms with E-state index in [9.17, 15) is 9.59 Å². The van der Waals surface area contributed by atoms with Gasteiger partial charge in [-0.25, -0.2) is 9.59 Å². The van der Waals surface area contributed by atoms with E-state index in [2.05, 4.69) is 10.6 Å². The summed E-state index contributed by atoms with van der Waals surface area (Å²) in [6, 6.07) is 8.60. The molecule has 6 nitrogen and oxygen atoms in total. The fraction of sp³-hybridized carbons (Fsp3) is 0.412. The number of carbonyl (C=O) groups is 2. The number of carbonyl (C=O) groups excluding carboxylic acids is 2. The first-order valence-corrected chi connectivity index (χ1v) is 7.78. The van der Waals surface area contributed by atoms with E-state index >= 15 is 0 Å². The van der Waals surface area contributed by atoms with Crippen LogP contribution in [0.15, 0.2) is 41.6 Å². The molecule has 0 saturated heterocycles. The number of urea groups is 1. The van der Waals surface area contributed by atoms with Crippen molar-refractivity contribution >= 4 is 12.0 Å². The van der Waals surface area contributed by atoms with Crippen LogP contribution in [0, 0.1) is 0 Å². The Morgan fingerprint density at radius 1 is 1.26 bits per heavy atom. The zero-order chi connectivity index (χ0) is 16.8. The molecule has 0 aromatic heterocycles. The van der Waals surface area contributed by atoms with Crippen LogP contribution >= 0.6 is 0 Å². The lowest BCUT2D eigenvalue weighted by Gasteiger charge is -2.31.